The van der Waals surface area contributed by atoms with Crippen molar-refractivity contribution in [1.82, 2.24) is 0 Å². The van der Waals surface area contributed by atoms with Gasteiger partial charge in [0.05, 0.1) is 0 Å². The molecule has 0 aromatic heterocycles. The number of hydrogen-bond acceptors (Lipinski definition) is 0. The fourth-order valence-electron chi connectivity index (χ4n) is 1.68. The highest BCUT2D eigenvalue weighted by Crippen LogP contribution is 2.11. The van der Waals surface area contributed by atoms with Crippen molar-refractivity contribution in [2.24, 2.45) is 5.92 Å². The Labute approximate surface area is 111 Å². The molecule has 0 bridgehead atoms. The molecule has 0 unspecified atom stereocenters. The average Bonchev–Trinajstić information content (AvgIpc) is 2.35. The average molecular weight is 238 g/mol. The molecule has 0 nitrogen and oxygen atoms in total. The Balaban J connectivity index is 2.32. The Bertz CT molecular complexity index is 440. The zero-order chi connectivity index (χ0) is 13.2. The van der Waals surface area contributed by atoms with Crippen LogP contribution in [-0.2, 0) is 0 Å². The maximum atomic E-state index is 3.92. The van der Waals surface area contributed by atoms with E-state index in [2.05, 4.69) is 38.3 Å². The Hall–Kier alpha value is -1.74. The Kier molecular flexibility index (Phi) is 6.66. The lowest BCUT2D eigenvalue weighted by Gasteiger charge is -2.04. The first-order valence-corrected chi connectivity index (χ1v) is 6.56. The summed E-state index contributed by atoms with van der Waals surface area (Å²) in [7, 11) is 0. The van der Waals surface area contributed by atoms with Gasteiger partial charge in [0.2, 0.25) is 0 Å². The van der Waals surface area contributed by atoms with Crippen LogP contribution in [0.25, 0.3) is 0 Å². The molecule has 18 heavy (non-hydrogen) atoms. The fourth-order valence-corrected chi connectivity index (χ4v) is 1.68. The molecule has 1 rings (SSSR count). The molecule has 0 radical (unpaired) electrons. The van der Waals surface area contributed by atoms with Gasteiger partial charge in [-0.05, 0) is 50.3 Å². The second-order valence-corrected chi connectivity index (χ2v) is 4.82. The largest absolute Gasteiger partial charge is 0.100 e. The van der Waals surface area contributed by atoms with Crippen LogP contribution in [0, 0.1) is 17.8 Å². The molecule has 0 aliphatic heterocycles. The molecule has 0 N–H and O–H groups in total. The van der Waals surface area contributed by atoms with Crippen LogP contribution in [0.5, 0.6) is 0 Å². The molecule has 1 atom stereocenters. The molecule has 0 spiro atoms. The lowest BCUT2D eigenvalue weighted by molar-refractivity contribution is 0.605. The van der Waals surface area contributed by atoms with E-state index in [0.29, 0.717) is 5.92 Å². The van der Waals surface area contributed by atoms with Crippen LogP contribution in [-0.4, -0.2) is 0 Å². The molecular formula is C18H22. The third-order valence-electron chi connectivity index (χ3n) is 2.76. The molecule has 94 valence electrons. The Morgan fingerprint density at radius 3 is 2.72 bits per heavy atom. The van der Waals surface area contributed by atoms with Gasteiger partial charge in [-0.15, -0.1) is 6.58 Å². The molecule has 0 aliphatic carbocycles. The van der Waals surface area contributed by atoms with Gasteiger partial charge < -0.3 is 0 Å². The number of rotatable bonds is 5. The van der Waals surface area contributed by atoms with E-state index >= 15 is 0 Å². The second kappa shape index (κ2) is 8.37. The molecule has 0 fully saturated rings. The van der Waals surface area contributed by atoms with Crippen molar-refractivity contribution in [1.29, 1.82) is 0 Å². The van der Waals surface area contributed by atoms with Crippen LogP contribution in [0.1, 0.15) is 38.7 Å². The molecule has 0 heteroatoms. The van der Waals surface area contributed by atoms with E-state index in [1.54, 1.807) is 0 Å². The molecule has 0 heterocycles. The number of hydrogen-bond donors (Lipinski definition) is 0. The van der Waals surface area contributed by atoms with Gasteiger partial charge in [-0.25, -0.2) is 0 Å². The first-order chi connectivity index (χ1) is 8.68. The predicted molar refractivity (Wildman–Crippen MR) is 80.3 cm³/mol. The van der Waals surface area contributed by atoms with E-state index in [4.69, 9.17) is 0 Å². The summed E-state index contributed by atoms with van der Waals surface area (Å²) in [4.78, 5) is 0. The summed E-state index contributed by atoms with van der Waals surface area (Å²) < 4.78 is 0. The third kappa shape index (κ3) is 6.76. The van der Waals surface area contributed by atoms with Crippen molar-refractivity contribution < 1.29 is 0 Å². The van der Waals surface area contributed by atoms with E-state index in [1.165, 1.54) is 18.4 Å². The molecule has 0 aliphatic rings. The van der Waals surface area contributed by atoms with E-state index in [0.717, 1.165) is 12.0 Å². The van der Waals surface area contributed by atoms with E-state index < -0.39 is 0 Å². The summed E-state index contributed by atoms with van der Waals surface area (Å²) in [5, 5.41) is 0. The van der Waals surface area contributed by atoms with Crippen LogP contribution in [0.15, 0.2) is 54.6 Å². The molecular weight excluding hydrogens is 216 g/mol. The maximum absolute atomic E-state index is 3.92. The first-order valence-electron chi connectivity index (χ1n) is 6.56. The predicted octanol–water partition coefficient (Wildman–Crippen LogP) is 4.98. The zero-order valence-electron chi connectivity index (χ0n) is 11.4. The van der Waals surface area contributed by atoms with Crippen LogP contribution in [0.4, 0.5) is 0 Å². The summed E-state index contributed by atoms with van der Waals surface area (Å²) in [6.45, 7) is 8.24. The standard InChI is InChI=1S/C18H22/c1-16(2)10-9-12-17(3)11-7-8-15-18-13-5-4-6-14-18/h4-7,11,13-14,17H,1,9-10,12H2,2-3H3/t17-/m1/s1. The van der Waals surface area contributed by atoms with Crippen LogP contribution < -0.4 is 0 Å². The van der Waals surface area contributed by atoms with E-state index in [9.17, 15) is 0 Å². The highest BCUT2D eigenvalue weighted by molar-refractivity contribution is 5.36. The minimum absolute atomic E-state index is 0.592. The summed E-state index contributed by atoms with van der Waals surface area (Å²) >= 11 is 0. The topological polar surface area (TPSA) is 0 Å². The van der Waals surface area contributed by atoms with Gasteiger partial charge in [0.25, 0.3) is 0 Å². The summed E-state index contributed by atoms with van der Waals surface area (Å²) in [5.41, 5.74) is 2.34. The smallest absolute Gasteiger partial charge is 0.0248 e. The molecule has 0 amide bonds. The van der Waals surface area contributed by atoms with Crippen LogP contribution in [0.2, 0.25) is 0 Å². The van der Waals surface area contributed by atoms with Crippen molar-refractivity contribution in [2.45, 2.75) is 33.1 Å². The highest BCUT2D eigenvalue weighted by atomic mass is 14.0. The van der Waals surface area contributed by atoms with Crippen molar-refractivity contribution in [3.63, 3.8) is 0 Å². The fraction of sp³-hybridized carbons (Fsp3) is 0.333. The Morgan fingerprint density at radius 1 is 1.33 bits per heavy atom. The van der Waals surface area contributed by atoms with Gasteiger partial charge >= 0.3 is 0 Å². The monoisotopic (exact) mass is 238 g/mol. The quantitative estimate of drug-likeness (QED) is 0.501. The summed E-state index contributed by atoms with van der Waals surface area (Å²) in [5.74, 6) is 6.80. The number of allylic oxidation sites excluding steroid dienone is 3. The van der Waals surface area contributed by atoms with Gasteiger partial charge in [-0.3, -0.25) is 0 Å². The first kappa shape index (κ1) is 14.3. The minimum Gasteiger partial charge on any atom is -0.100 e. The SMILES string of the molecule is C=C(C)CCC[C@H](C)C=CC#Cc1ccccc1. The van der Waals surface area contributed by atoms with Crippen molar-refractivity contribution in [2.75, 3.05) is 0 Å². The van der Waals surface area contributed by atoms with Crippen molar-refractivity contribution in [3.05, 3.63) is 60.2 Å². The summed E-state index contributed by atoms with van der Waals surface area (Å²) in [6, 6.07) is 10.1. The third-order valence-corrected chi connectivity index (χ3v) is 2.76. The summed E-state index contributed by atoms with van der Waals surface area (Å²) in [6.07, 6.45) is 7.71. The van der Waals surface area contributed by atoms with Gasteiger partial charge in [-0.2, -0.15) is 0 Å². The molecule has 1 aromatic carbocycles. The number of benzene rings is 1. The van der Waals surface area contributed by atoms with Gasteiger partial charge in [0.1, 0.15) is 0 Å². The van der Waals surface area contributed by atoms with E-state index in [1.807, 2.05) is 36.4 Å². The maximum Gasteiger partial charge on any atom is 0.0248 e. The zero-order valence-corrected chi connectivity index (χ0v) is 11.4. The van der Waals surface area contributed by atoms with Crippen LogP contribution in [0.3, 0.4) is 0 Å². The second-order valence-electron chi connectivity index (χ2n) is 4.82. The van der Waals surface area contributed by atoms with Crippen LogP contribution >= 0.6 is 0 Å². The molecule has 0 saturated carbocycles. The van der Waals surface area contributed by atoms with Gasteiger partial charge in [0.15, 0.2) is 0 Å². The normalized spacial score (nSPS) is 11.9. The van der Waals surface area contributed by atoms with Crippen molar-refractivity contribution >= 4 is 0 Å². The van der Waals surface area contributed by atoms with E-state index in [-0.39, 0.29) is 0 Å². The minimum atomic E-state index is 0.592. The van der Waals surface area contributed by atoms with Gasteiger partial charge in [0, 0.05) is 5.56 Å². The molecule has 0 saturated heterocycles. The highest BCUT2D eigenvalue weighted by Gasteiger charge is 1.96. The lowest BCUT2D eigenvalue weighted by atomic mass is 10.0. The molecule has 1 aromatic rings. The lowest BCUT2D eigenvalue weighted by Crippen LogP contribution is -1.89. The Morgan fingerprint density at radius 2 is 2.06 bits per heavy atom. The van der Waals surface area contributed by atoms with Crippen molar-refractivity contribution in [3.8, 4) is 11.8 Å². The van der Waals surface area contributed by atoms with Gasteiger partial charge in [-0.1, -0.05) is 48.6 Å².